The van der Waals surface area contributed by atoms with Crippen molar-refractivity contribution in [3.63, 3.8) is 0 Å². The van der Waals surface area contributed by atoms with E-state index < -0.39 is 0 Å². The second-order valence-corrected chi connectivity index (χ2v) is 6.99. The van der Waals surface area contributed by atoms with Gasteiger partial charge in [0.05, 0.1) is 5.56 Å². The minimum absolute atomic E-state index is 0.0590. The molecule has 1 aliphatic rings. The highest BCUT2D eigenvalue weighted by atomic mass is 32.1. The Labute approximate surface area is 146 Å². The zero-order valence-corrected chi connectivity index (χ0v) is 15.1. The predicted molar refractivity (Wildman–Crippen MR) is 94.6 cm³/mol. The molecule has 0 unspecified atom stereocenters. The first-order valence-corrected chi connectivity index (χ1v) is 8.77. The summed E-state index contributed by atoms with van der Waals surface area (Å²) in [5.41, 5.74) is 1.57. The average Bonchev–Trinajstić information content (AvgIpc) is 2.97. The number of aryl methyl sites for hydroxylation is 1. The van der Waals surface area contributed by atoms with Crippen molar-refractivity contribution >= 4 is 18.1 Å². The van der Waals surface area contributed by atoms with Crippen LogP contribution in [0.3, 0.4) is 0 Å². The van der Waals surface area contributed by atoms with Gasteiger partial charge in [0, 0.05) is 36.9 Å². The highest BCUT2D eigenvalue weighted by Gasteiger charge is 2.28. The lowest BCUT2D eigenvalue weighted by atomic mass is 9.95. The first-order valence-electron chi connectivity index (χ1n) is 8.36. The normalized spacial score (nSPS) is 15.9. The topological polar surface area (TPSA) is 66.8 Å². The van der Waals surface area contributed by atoms with Crippen LogP contribution < -0.4 is 0 Å². The molecule has 0 radical (unpaired) electrons. The van der Waals surface area contributed by atoms with Crippen molar-refractivity contribution in [3.05, 3.63) is 40.2 Å². The van der Waals surface area contributed by atoms with E-state index in [1.54, 1.807) is 6.20 Å². The zero-order chi connectivity index (χ0) is 17.3. The van der Waals surface area contributed by atoms with Crippen molar-refractivity contribution in [3.8, 4) is 0 Å². The number of aromatic amines is 1. The Morgan fingerprint density at radius 3 is 2.62 bits per heavy atom. The average molecular weight is 345 g/mol. The lowest BCUT2D eigenvalue weighted by Crippen LogP contribution is -2.38. The van der Waals surface area contributed by atoms with Gasteiger partial charge in [-0.3, -0.25) is 14.9 Å². The van der Waals surface area contributed by atoms with Gasteiger partial charge in [0.25, 0.3) is 5.91 Å². The second-order valence-electron chi connectivity index (χ2n) is 6.61. The van der Waals surface area contributed by atoms with Crippen LogP contribution in [0, 0.1) is 11.7 Å². The maximum atomic E-state index is 12.6. The molecule has 7 heteroatoms. The third-order valence-electron chi connectivity index (χ3n) is 4.55. The van der Waals surface area contributed by atoms with Crippen LogP contribution in [0.25, 0.3) is 0 Å². The number of hydrogen-bond donors (Lipinski definition) is 1. The molecular weight excluding hydrogens is 322 g/mol. The summed E-state index contributed by atoms with van der Waals surface area (Å²) in [5, 5.41) is 7.34. The monoisotopic (exact) mass is 345 g/mol. The van der Waals surface area contributed by atoms with Gasteiger partial charge >= 0.3 is 0 Å². The number of carbonyl (C=O) groups is 1. The molecule has 3 heterocycles. The van der Waals surface area contributed by atoms with Crippen LogP contribution in [0.15, 0.2) is 18.3 Å². The maximum absolute atomic E-state index is 12.6. The fourth-order valence-electron chi connectivity index (χ4n) is 3.22. The number of nitrogens with one attached hydrogen (secondary N) is 1. The van der Waals surface area contributed by atoms with Crippen molar-refractivity contribution in [2.75, 3.05) is 13.1 Å². The molecule has 0 bridgehead atoms. The third-order valence-corrected chi connectivity index (χ3v) is 4.84. The molecule has 24 heavy (non-hydrogen) atoms. The Kier molecular flexibility index (Phi) is 4.80. The van der Waals surface area contributed by atoms with Gasteiger partial charge in [-0.1, -0.05) is 0 Å². The standard InChI is InChI=1S/C17H23N5OS/c1-11(2)22-15(19-20-17(22)24)13-6-8-21(9-7-13)16(23)14-5-4-12(3)18-10-14/h4-5,10-11,13H,6-9H2,1-3H3,(H,20,24). The molecule has 1 aliphatic heterocycles. The van der Waals surface area contributed by atoms with Crippen molar-refractivity contribution < 1.29 is 4.79 Å². The molecule has 0 atom stereocenters. The van der Waals surface area contributed by atoms with Gasteiger partial charge in [0.15, 0.2) is 4.77 Å². The summed E-state index contributed by atoms with van der Waals surface area (Å²) in [6.45, 7) is 7.60. The quantitative estimate of drug-likeness (QED) is 0.867. The molecule has 1 amide bonds. The van der Waals surface area contributed by atoms with Crippen molar-refractivity contribution in [2.45, 2.75) is 45.6 Å². The zero-order valence-electron chi connectivity index (χ0n) is 14.3. The molecule has 0 spiro atoms. The fraction of sp³-hybridized carbons (Fsp3) is 0.529. The Morgan fingerprint density at radius 1 is 1.33 bits per heavy atom. The molecule has 2 aromatic rings. The third kappa shape index (κ3) is 3.26. The maximum Gasteiger partial charge on any atom is 0.255 e. The Hall–Kier alpha value is -2.02. The van der Waals surface area contributed by atoms with Crippen LogP contribution in [0.1, 0.15) is 60.5 Å². The van der Waals surface area contributed by atoms with E-state index in [1.807, 2.05) is 24.0 Å². The van der Waals surface area contributed by atoms with Gasteiger partial charge in [-0.25, -0.2) is 0 Å². The molecule has 128 valence electrons. The fourth-order valence-corrected chi connectivity index (χ4v) is 3.57. The van der Waals surface area contributed by atoms with Gasteiger partial charge < -0.3 is 9.47 Å². The summed E-state index contributed by atoms with van der Waals surface area (Å²) in [4.78, 5) is 18.7. The minimum atomic E-state index is 0.0590. The SMILES string of the molecule is Cc1ccc(C(=O)N2CCC(c3n[nH]c(=S)n3C(C)C)CC2)cn1. The summed E-state index contributed by atoms with van der Waals surface area (Å²) in [5.74, 6) is 1.41. The summed E-state index contributed by atoms with van der Waals surface area (Å²) in [6, 6.07) is 4.01. The lowest BCUT2D eigenvalue weighted by Gasteiger charge is -2.32. The van der Waals surface area contributed by atoms with E-state index in [0.717, 1.165) is 37.4 Å². The number of hydrogen-bond acceptors (Lipinski definition) is 4. The van der Waals surface area contributed by atoms with Gasteiger partial charge in [-0.15, -0.1) is 0 Å². The Bertz CT molecular complexity index is 769. The summed E-state index contributed by atoms with van der Waals surface area (Å²) in [7, 11) is 0. The molecule has 1 saturated heterocycles. The predicted octanol–water partition coefficient (Wildman–Crippen LogP) is 3.24. The Morgan fingerprint density at radius 2 is 2.04 bits per heavy atom. The van der Waals surface area contributed by atoms with Crippen molar-refractivity contribution in [1.82, 2.24) is 24.6 Å². The number of rotatable bonds is 3. The number of piperidine rings is 1. The molecule has 2 aromatic heterocycles. The molecule has 0 saturated carbocycles. The smallest absolute Gasteiger partial charge is 0.255 e. The summed E-state index contributed by atoms with van der Waals surface area (Å²) in [6.07, 6.45) is 3.46. The number of likely N-dealkylation sites (tertiary alicyclic amines) is 1. The van der Waals surface area contributed by atoms with E-state index in [-0.39, 0.29) is 11.9 Å². The molecule has 0 aromatic carbocycles. The van der Waals surface area contributed by atoms with Gasteiger partial charge in [0.2, 0.25) is 0 Å². The van der Waals surface area contributed by atoms with E-state index in [0.29, 0.717) is 16.3 Å². The number of amides is 1. The molecular formula is C17H23N5OS. The van der Waals surface area contributed by atoms with Gasteiger partial charge in [-0.2, -0.15) is 5.10 Å². The van der Waals surface area contributed by atoms with Crippen LogP contribution in [-0.2, 0) is 0 Å². The van der Waals surface area contributed by atoms with Crippen LogP contribution in [0.5, 0.6) is 0 Å². The van der Waals surface area contributed by atoms with E-state index in [2.05, 4.69) is 33.6 Å². The van der Waals surface area contributed by atoms with Crippen LogP contribution >= 0.6 is 12.2 Å². The van der Waals surface area contributed by atoms with E-state index >= 15 is 0 Å². The summed E-state index contributed by atoms with van der Waals surface area (Å²) >= 11 is 5.33. The van der Waals surface area contributed by atoms with Crippen molar-refractivity contribution in [2.24, 2.45) is 0 Å². The number of nitrogens with zero attached hydrogens (tertiary/aromatic N) is 4. The molecule has 3 rings (SSSR count). The van der Waals surface area contributed by atoms with Gasteiger partial charge in [0.1, 0.15) is 5.82 Å². The van der Waals surface area contributed by atoms with E-state index in [9.17, 15) is 4.79 Å². The number of pyridine rings is 1. The number of aromatic nitrogens is 4. The molecule has 6 nitrogen and oxygen atoms in total. The van der Waals surface area contributed by atoms with Crippen LogP contribution in [0.2, 0.25) is 0 Å². The van der Waals surface area contributed by atoms with Crippen LogP contribution in [0.4, 0.5) is 0 Å². The molecule has 1 fully saturated rings. The lowest BCUT2D eigenvalue weighted by molar-refractivity contribution is 0.0709. The number of H-pyrrole nitrogens is 1. The van der Waals surface area contributed by atoms with Gasteiger partial charge in [-0.05, 0) is 58.0 Å². The largest absolute Gasteiger partial charge is 0.339 e. The van der Waals surface area contributed by atoms with E-state index in [4.69, 9.17) is 12.2 Å². The summed E-state index contributed by atoms with van der Waals surface area (Å²) < 4.78 is 2.76. The van der Waals surface area contributed by atoms with Crippen LogP contribution in [-0.4, -0.2) is 43.6 Å². The first kappa shape index (κ1) is 16.8. The minimum Gasteiger partial charge on any atom is -0.339 e. The van der Waals surface area contributed by atoms with E-state index in [1.165, 1.54) is 0 Å². The highest BCUT2D eigenvalue weighted by Crippen LogP contribution is 2.29. The second kappa shape index (κ2) is 6.84. The highest BCUT2D eigenvalue weighted by molar-refractivity contribution is 7.71. The molecule has 0 aliphatic carbocycles. The number of carbonyl (C=O) groups excluding carboxylic acids is 1. The Balaban J connectivity index is 1.69. The van der Waals surface area contributed by atoms with Crippen molar-refractivity contribution in [1.29, 1.82) is 0 Å². The first-order chi connectivity index (χ1) is 11.5. The molecule has 1 N–H and O–H groups in total.